The van der Waals surface area contributed by atoms with Gasteiger partial charge in [-0.05, 0) is 56.5 Å². The molecule has 2 aromatic carbocycles. The predicted octanol–water partition coefficient (Wildman–Crippen LogP) is 6.30. The standard InChI is InChI=1S/C32H36ClN7O2/c1-6-14-39(7-2)32(42)25-17-23(11-12-26(25)33)29-20(3)37-40-28(18-27(21(4)41)36-31(29)40)35-19-22-9-8-10-24(16-22)30-34-13-15-38(30)5/h8-13,15-18,21,35,41H,6-7,14,19H2,1-5H3. The van der Waals surface area contributed by atoms with E-state index in [2.05, 4.69) is 22.4 Å². The van der Waals surface area contributed by atoms with Crippen molar-refractivity contribution >= 4 is 29.0 Å². The van der Waals surface area contributed by atoms with Crippen molar-refractivity contribution in [1.29, 1.82) is 0 Å². The molecular formula is C32H36ClN7O2. The normalized spacial score (nSPS) is 12.1. The van der Waals surface area contributed by atoms with Crippen LogP contribution in [0.15, 0.2) is 60.9 Å². The summed E-state index contributed by atoms with van der Waals surface area (Å²) in [5.74, 6) is 1.48. The van der Waals surface area contributed by atoms with Crippen molar-refractivity contribution in [3.05, 3.63) is 88.5 Å². The number of aliphatic hydroxyl groups is 1. The van der Waals surface area contributed by atoms with Gasteiger partial charge in [0.15, 0.2) is 5.65 Å². The Bertz CT molecular complexity index is 1740. The average molecular weight is 586 g/mol. The van der Waals surface area contributed by atoms with Crippen LogP contribution < -0.4 is 5.32 Å². The first-order valence-corrected chi connectivity index (χ1v) is 14.6. The van der Waals surface area contributed by atoms with Crippen LogP contribution in [0, 0.1) is 6.92 Å². The van der Waals surface area contributed by atoms with E-state index in [4.69, 9.17) is 21.7 Å². The van der Waals surface area contributed by atoms with Crippen LogP contribution in [0.4, 0.5) is 5.82 Å². The molecule has 5 aromatic rings. The second-order valence-electron chi connectivity index (χ2n) is 10.4. The summed E-state index contributed by atoms with van der Waals surface area (Å²) in [6.07, 6.45) is 3.78. The Morgan fingerprint density at radius 3 is 2.64 bits per heavy atom. The second kappa shape index (κ2) is 12.3. The van der Waals surface area contributed by atoms with Crippen LogP contribution in [0.5, 0.6) is 0 Å². The van der Waals surface area contributed by atoms with Gasteiger partial charge in [0.1, 0.15) is 11.6 Å². The van der Waals surface area contributed by atoms with Gasteiger partial charge in [-0.25, -0.2) is 9.97 Å². The van der Waals surface area contributed by atoms with E-state index in [0.717, 1.165) is 40.2 Å². The molecule has 0 saturated heterocycles. The summed E-state index contributed by atoms with van der Waals surface area (Å²) in [7, 11) is 1.97. The zero-order chi connectivity index (χ0) is 30.0. The fourth-order valence-electron chi connectivity index (χ4n) is 5.16. The number of aromatic nitrogens is 5. The molecule has 218 valence electrons. The number of hydrogen-bond acceptors (Lipinski definition) is 6. The minimum absolute atomic E-state index is 0.104. The topological polar surface area (TPSA) is 101 Å². The molecule has 0 saturated carbocycles. The molecule has 0 aliphatic carbocycles. The first kappa shape index (κ1) is 29.3. The molecule has 2 N–H and O–H groups in total. The SMILES string of the molecule is CCCN(CC)C(=O)c1cc(-c2c(C)nn3c(NCc4cccc(-c5nccn5C)c4)cc(C(C)O)nc23)ccc1Cl. The Balaban J connectivity index is 1.54. The Labute approximate surface area is 250 Å². The molecule has 42 heavy (non-hydrogen) atoms. The third-order valence-electron chi connectivity index (χ3n) is 7.34. The van der Waals surface area contributed by atoms with Gasteiger partial charge in [0.2, 0.25) is 0 Å². The fraction of sp³-hybridized carbons (Fsp3) is 0.312. The van der Waals surface area contributed by atoms with Gasteiger partial charge >= 0.3 is 0 Å². The molecule has 9 nitrogen and oxygen atoms in total. The monoisotopic (exact) mass is 585 g/mol. The number of imidazole rings is 1. The van der Waals surface area contributed by atoms with Gasteiger partial charge in [0.25, 0.3) is 5.91 Å². The molecule has 3 heterocycles. The molecule has 5 rings (SSSR count). The third kappa shape index (κ3) is 5.75. The number of aliphatic hydroxyl groups excluding tert-OH is 1. The van der Waals surface area contributed by atoms with E-state index in [1.807, 2.05) is 68.9 Å². The molecule has 0 aliphatic rings. The minimum Gasteiger partial charge on any atom is -0.387 e. The molecule has 1 unspecified atom stereocenters. The van der Waals surface area contributed by atoms with E-state index < -0.39 is 6.10 Å². The van der Waals surface area contributed by atoms with E-state index >= 15 is 0 Å². The number of carbonyl (C=O) groups is 1. The highest BCUT2D eigenvalue weighted by atomic mass is 35.5. The van der Waals surface area contributed by atoms with Crippen LogP contribution in [0.25, 0.3) is 28.2 Å². The summed E-state index contributed by atoms with van der Waals surface area (Å²) in [6.45, 7) is 9.39. The molecule has 10 heteroatoms. The molecule has 0 spiro atoms. The lowest BCUT2D eigenvalue weighted by Crippen LogP contribution is -2.31. The Morgan fingerprint density at radius 1 is 1.14 bits per heavy atom. The van der Waals surface area contributed by atoms with Gasteiger partial charge in [0, 0.05) is 56.3 Å². The molecule has 1 amide bonds. The van der Waals surface area contributed by atoms with Crippen LogP contribution in [0.2, 0.25) is 5.02 Å². The number of nitrogens with zero attached hydrogens (tertiary/aromatic N) is 6. The number of benzene rings is 2. The summed E-state index contributed by atoms with van der Waals surface area (Å²) in [6, 6.07) is 15.5. The maximum Gasteiger partial charge on any atom is 0.255 e. The van der Waals surface area contributed by atoms with Crippen molar-refractivity contribution in [3.8, 4) is 22.5 Å². The summed E-state index contributed by atoms with van der Waals surface area (Å²) >= 11 is 6.52. The van der Waals surface area contributed by atoms with Gasteiger partial charge in [-0.3, -0.25) is 4.79 Å². The van der Waals surface area contributed by atoms with Crippen LogP contribution in [-0.2, 0) is 13.6 Å². The minimum atomic E-state index is -0.792. The van der Waals surface area contributed by atoms with Crippen LogP contribution in [-0.4, -0.2) is 53.2 Å². The maximum absolute atomic E-state index is 13.3. The molecular weight excluding hydrogens is 550 g/mol. The Hall–Kier alpha value is -4.21. The van der Waals surface area contributed by atoms with Crippen LogP contribution >= 0.6 is 11.6 Å². The van der Waals surface area contributed by atoms with Crippen LogP contribution in [0.3, 0.4) is 0 Å². The lowest BCUT2D eigenvalue weighted by molar-refractivity contribution is 0.0764. The highest BCUT2D eigenvalue weighted by molar-refractivity contribution is 6.34. The number of aryl methyl sites for hydroxylation is 2. The lowest BCUT2D eigenvalue weighted by Gasteiger charge is -2.21. The van der Waals surface area contributed by atoms with E-state index in [1.54, 1.807) is 28.6 Å². The van der Waals surface area contributed by atoms with Gasteiger partial charge < -0.3 is 19.9 Å². The van der Waals surface area contributed by atoms with E-state index in [0.29, 0.717) is 47.4 Å². The summed E-state index contributed by atoms with van der Waals surface area (Å²) < 4.78 is 3.74. The maximum atomic E-state index is 13.3. The molecule has 3 aromatic heterocycles. The van der Waals surface area contributed by atoms with E-state index in [1.165, 1.54) is 0 Å². The number of nitrogens with one attached hydrogen (secondary N) is 1. The number of halogens is 1. The number of rotatable bonds is 10. The van der Waals surface area contributed by atoms with Crippen molar-refractivity contribution in [2.45, 2.75) is 46.8 Å². The van der Waals surface area contributed by atoms with Crippen molar-refractivity contribution in [2.24, 2.45) is 7.05 Å². The smallest absolute Gasteiger partial charge is 0.255 e. The van der Waals surface area contributed by atoms with Gasteiger partial charge in [0.05, 0.1) is 28.1 Å². The second-order valence-corrected chi connectivity index (χ2v) is 10.8. The highest BCUT2D eigenvalue weighted by Gasteiger charge is 2.22. The van der Waals surface area contributed by atoms with Crippen molar-refractivity contribution in [1.82, 2.24) is 29.0 Å². The first-order valence-electron chi connectivity index (χ1n) is 14.2. The quantitative estimate of drug-likeness (QED) is 0.200. The fourth-order valence-corrected chi connectivity index (χ4v) is 5.36. The average Bonchev–Trinajstić information content (AvgIpc) is 3.56. The summed E-state index contributed by atoms with van der Waals surface area (Å²) in [5.41, 5.74) is 5.93. The predicted molar refractivity (Wildman–Crippen MR) is 167 cm³/mol. The van der Waals surface area contributed by atoms with Gasteiger partial charge in [-0.1, -0.05) is 42.8 Å². The number of fused-ring (bicyclic) bond motifs is 1. The number of hydrogen-bond donors (Lipinski definition) is 2. The summed E-state index contributed by atoms with van der Waals surface area (Å²) in [5, 5.41) is 19.2. The first-order chi connectivity index (χ1) is 20.2. The van der Waals surface area contributed by atoms with E-state index in [9.17, 15) is 9.90 Å². The van der Waals surface area contributed by atoms with Crippen molar-refractivity contribution in [2.75, 3.05) is 18.4 Å². The lowest BCUT2D eigenvalue weighted by atomic mass is 10.0. The molecule has 0 fully saturated rings. The van der Waals surface area contributed by atoms with Crippen molar-refractivity contribution in [3.63, 3.8) is 0 Å². The van der Waals surface area contributed by atoms with Gasteiger partial charge in [-0.2, -0.15) is 9.61 Å². The molecule has 0 radical (unpaired) electrons. The highest BCUT2D eigenvalue weighted by Crippen LogP contribution is 2.33. The zero-order valence-electron chi connectivity index (χ0n) is 24.6. The third-order valence-corrected chi connectivity index (χ3v) is 7.67. The Kier molecular flexibility index (Phi) is 8.61. The summed E-state index contributed by atoms with van der Waals surface area (Å²) in [4.78, 5) is 24.4. The largest absolute Gasteiger partial charge is 0.387 e. The molecule has 0 bridgehead atoms. The zero-order valence-corrected chi connectivity index (χ0v) is 25.4. The number of carbonyl (C=O) groups excluding carboxylic acids is 1. The number of anilines is 1. The van der Waals surface area contributed by atoms with Gasteiger partial charge in [-0.15, -0.1) is 0 Å². The van der Waals surface area contributed by atoms with Crippen molar-refractivity contribution < 1.29 is 9.90 Å². The molecule has 1 atom stereocenters. The van der Waals surface area contributed by atoms with E-state index in [-0.39, 0.29) is 5.91 Å². The Morgan fingerprint density at radius 2 is 1.95 bits per heavy atom. The van der Waals surface area contributed by atoms with Crippen LogP contribution in [0.1, 0.15) is 60.6 Å². The number of amides is 1. The molecule has 0 aliphatic heterocycles.